The van der Waals surface area contributed by atoms with E-state index in [4.69, 9.17) is 4.43 Å². The van der Waals surface area contributed by atoms with Crippen LogP contribution in [0.25, 0.3) is 0 Å². The van der Waals surface area contributed by atoms with Crippen molar-refractivity contribution in [3.8, 4) is 0 Å². The molecule has 0 saturated carbocycles. The minimum absolute atomic E-state index is 0.244. The first-order valence-corrected chi connectivity index (χ1v) is 9.90. The van der Waals surface area contributed by atoms with Crippen LogP contribution in [0.15, 0.2) is 42.5 Å². The lowest BCUT2D eigenvalue weighted by Gasteiger charge is -2.40. The molecular weight excluding hydrogens is 276 g/mol. The van der Waals surface area contributed by atoms with Crippen molar-refractivity contribution >= 4 is 19.5 Å². The molecule has 3 heteroatoms. The van der Waals surface area contributed by atoms with Gasteiger partial charge in [-0.1, -0.05) is 77.4 Å². The molecule has 0 aliphatic carbocycles. The summed E-state index contributed by atoms with van der Waals surface area (Å²) in [7, 11) is -2.41. The van der Waals surface area contributed by atoms with Gasteiger partial charge >= 0.3 is 5.97 Å². The van der Waals surface area contributed by atoms with Gasteiger partial charge in [0, 0.05) is 5.57 Å². The van der Waals surface area contributed by atoms with Crippen molar-refractivity contribution in [2.75, 3.05) is 0 Å². The second-order valence-electron chi connectivity index (χ2n) is 5.95. The maximum absolute atomic E-state index is 12.3. The van der Waals surface area contributed by atoms with Crippen LogP contribution in [0.5, 0.6) is 0 Å². The number of benzene rings is 1. The van der Waals surface area contributed by atoms with Gasteiger partial charge in [-0.15, -0.1) is 0 Å². The average molecular weight is 305 g/mol. The molecule has 0 bridgehead atoms. The van der Waals surface area contributed by atoms with Gasteiger partial charge in [0.2, 0.25) is 0 Å². The second-order valence-corrected chi connectivity index (χ2v) is 10.3. The van der Waals surface area contributed by atoms with Gasteiger partial charge in [-0.3, -0.25) is 0 Å². The minimum Gasteiger partial charge on any atom is -0.511 e. The fourth-order valence-electron chi connectivity index (χ4n) is 2.86. The van der Waals surface area contributed by atoms with Gasteiger partial charge in [-0.2, -0.15) is 0 Å². The first-order chi connectivity index (χ1) is 9.90. The van der Waals surface area contributed by atoms with E-state index in [0.717, 1.165) is 12.8 Å². The van der Waals surface area contributed by atoms with Crippen molar-refractivity contribution in [2.24, 2.45) is 0 Å². The molecule has 2 nitrogen and oxygen atoms in total. The van der Waals surface area contributed by atoms with Crippen LogP contribution in [0.2, 0.25) is 11.1 Å². The highest BCUT2D eigenvalue weighted by molar-refractivity contribution is 6.90. The van der Waals surface area contributed by atoms with Gasteiger partial charge in [0.1, 0.15) is 0 Å². The largest absolute Gasteiger partial charge is 0.511 e. The number of hydrogen-bond donors (Lipinski definition) is 0. The Morgan fingerprint density at radius 3 is 2.00 bits per heavy atom. The Morgan fingerprint density at radius 2 is 1.62 bits per heavy atom. The normalized spacial score (nSPS) is 16.6. The molecule has 0 radical (unpaired) electrons. The molecule has 1 rings (SSSR count). The van der Waals surface area contributed by atoms with Gasteiger partial charge < -0.3 is 4.43 Å². The summed E-state index contributed by atoms with van der Waals surface area (Å²) in [4.78, 5) is 12.3. The standard InChI is InChI=1S/C18H28O2Si/c1-7-15(5)21(16(6)8-2,20-18(19)14(3)4)17-12-10-9-11-13-17/h9-13,15-16H,3,7-8H2,1-2,4-6H3. The van der Waals surface area contributed by atoms with Gasteiger partial charge in [-0.25, -0.2) is 4.79 Å². The fourth-order valence-corrected chi connectivity index (χ4v) is 7.90. The zero-order chi connectivity index (χ0) is 16.0. The van der Waals surface area contributed by atoms with Crippen molar-refractivity contribution in [3.63, 3.8) is 0 Å². The molecule has 21 heavy (non-hydrogen) atoms. The number of carbonyl (C=O) groups is 1. The van der Waals surface area contributed by atoms with Crippen molar-refractivity contribution in [1.29, 1.82) is 0 Å². The molecule has 116 valence electrons. The Morgan fingerprint density at radius 1 is 1.14 bits per heavy atom. The maximum Gasteiger partial charge on any atom is 0.320 e. The van der Waals surface area contributed by atoms with Crippen molar-refractivity contribution in [3.05, 3.63) is 42.5 Å². The summed E-state index contributed by atoms with van der Waals surface area (Å²) >= 11 is 0. The van der Waals surface area contributed by atoms with Crippen molar-refractivity contribution < 1.29 is 9.22 Å². The van der Waals surface area contributed by atoms with E-state index < -0.39 is 8.32 Å². The van der Waals surface area contributed by atoms with E-state index in [-0.39, 0.29) is 5.97 Å². The summed E-state index contributed by atoms with van der Waals surface area (Å²) in [5.41, 5.74) is 1.23. The highest BCUT2D eigenvalue weighted by atomic mass is 28.4. The van der Waals surface area contributed by atoms with Gasteiger partial charge in [-0.05, 0) is 23.2 Å². The van der Waals surface area contributed by atoms with E-state index in [9.17, 15) is 4.79 Å². The number of carbonyl (C=O) groups excluding carboxylic acids is 1. The number of rotatable bonds is 7. The van der Waals surface area contributed by atoms with E-state index in [1.807, 2.05) is 18.2 Å². The quantitative estimate of drug-likeness (QED) is 0.545. The monoisotopic (exact) mass is 304 g/mol. The van der Waals surface area contributed by atoms with Crippen LogP contribution in [-0.4, -0.2) is 14.3 Å². The molecule has 2 unspecified atom stereocenters. The third kappa shape index (κ3) is 3.65. The van der Waals surface area contributed by atoms with Crippen LogP contribution in [-0.2, 0) is 9.22 Å². The lowest BCUT2D eigenvalue weighted by molar-refractivity contribution is -0.131. The highest BCUT2D eigenvalue weighted by Crippen LogP contribution is 2.38. The maximum atomic E-state index is 12.3. The molecule has 0 aliphatic heterocycles. The zero-order valence-electron chi connectivity index (χ0n) is 14.0. The van der Waals surface area contributed by atoms with Crippen LogP contribution in [0.4, 0.5) is 0 Å². The molecule has 0 aliphatic rings. The highest BCUT2D eigenvalue weighted by Gasteiger charge is 2.49. The topological polar surface area (TPSA) is 26.3 Å². The molecule has 0 fully saturated rings. The Hall–Kier alpha value is -1.35. The Labute approximate surface area is 130 Å². The van der Waals surface area contributed by atoms with Crippen LogP contribution >= 0.6 is 0 Å². The SMILES string of the molecule is C=C(C)C(=O)O[Si](c1ccccc1)(C(C)CC)C(C)CC. The predicted molar refractivity (Wildman–Crippen MR) is 92.2 cm³/mol. The number of hydrogen-bond acceptors (Lipinski definition) is 2. The predicted octanol–water partition coefficient (Wildman–Crippen LogP) is 4.56. The van der Waals surface area contributed by atoms with Gasteiger partial charge in [0.05, 0.1) is 0 Å². The molecule has 0 aromatic heterocycles. The summed E-state index contributed by atoms with van der Waals surface area (Å²) < 4.78 is 6.19. The molecule has 0 saturated heterocycles. The lowest BCUT2D eigenvalue weighted by Crippen LogP contribution is -2.58. The van der Waals surface area contributed by atoms with Crippen molar-refractivity contribution in [2.45, 2.75) is 58.5 Å². The molecule has 0 spiro atoms. The van der Waals surface area contributed by atoms with Crippen LogP contribution < -0.4 is 5.19 Å². The second kappa shape index (κ2) is 7.60. The average Bonchev–Trinajstić information content (AvgIpc) is 2.51. The van der Waals surface area contributed by atoms with E-state index >= 15 is 0 Å². The molecular formula is C18H28O2Si. The Balaban J connectivity index is 3.42. The van der Waals surface area contributed by atoms with Gasteiger partial charge in [0.15, 0.2) is 0 Å². The summed E-state index contributed by atoms with van der Waals surface area (Å²) in [5.74, 6) is -0.244. The van der Waals surface area contributed by atoms with Gasteiger partial charge in [0.25, 0.3) is 8.32 Å². The summed E-state index contributed by atoms with van der Waals surface area (Å²) in [6.07, 6.45) is 2.02. The van der Waals surface area contributed by atoms with Crippen LogP contribution in [0, 0.1) is 0 Å². The third-order valence-electron chi connectivity index (χ3n) is 4.52. The molecule has 0 heterocycles. The third-order valence-corrected chi connectivity index (χ3v) is 10.0. The van der Waals surface area contributed by atoms with Crippen molar-refractivity contribution in [1.82, 2.24) is 0 Å². The molecule has 1 aromatic carbocycles. The van der Waals surface area contributed by atoms with E-state index in [2.05, 4.69) is 46.4 Å². The minimum atomic E-state index is -2.41. The molecule has 1 aromatic rings. The zero-order valence-corrected chi connectivity index (χ0v) is 15.0. The van der Waals surface area contributed by atoms with Crippen LogP contribution in [0.3, 0.4) is 0 Å². The molecule has 0 N–H and O–H groups in total. The smallest absolute Gasteiger partial charge is 0.320 e. The Kier molecular flexibility index (Phi) is 6.40. The van der Waals surface area contributed by atoms with E-state index in [1.54, 1.807) is 6.92 Å². The Bertz CT molecular complexity index is 471. The lowest BCUT2D eigenvalue weighted by atomic mass is 10.3. The summed E-state index contributed by atoms with van der Waals surface area (Å²) in [6.45, 7) is 14.3. The van der Waals surface area contributed by atoms with E-state index in [0.29, 0.717) is 16.7 Å². The fraction of sp³-hybridized carbons (Fsp3) is 0.500. The first-order valence-electron chi connectivity index (χ1n) is 7.84. The van der Waals surface area contributed by atoms with Crippen LogP contribution in [0.1, 0.15) is 47.5 Å². The van der Waals surface area contributed by atoms with E-state index in [1.165, 1.54) is 5.19 Å². The summed E-state index contributed by atoms with van der Waals surface area (Å²) in [5, 5.41) is 1.21. The molecule has 2 atom stereocenters. The first kappa shape index (κ1) is 17.7. The molecule has 0 amide bonds. The summed E-state index contributed by atoms with van der Waals surface area (Å²) in [6, 6.07) is 10.3.